The van der Waals surface area contributed by atoms with Gasteiger partial charge in [0.25, 0.3) is 0 Å². The van der Waals surface area contributed by atoms with Crippen molar-refractivity contribution in [2.45, 2.75) is 38.3 Å². The molecule has 0 saturated heterocycles. The number of fused-ring (bicyclic) bond motifs is 1. The number of rotatable bonds is 2. The summed E-state index contributed by atoms with van der Waals surface area (Å²) in [5.41, 5.74) is 0.411. The molecule has 0 amide bonds. The van der Waals surface area contributed by atoms with E-state index in [0.717, 1.165) is 17.7 Å². The van der Waals surface area contributed by atoms with Crippen molar-refractivity contribution in [1.29, 1.82) is 0 Å². The first-order valence-corrected chi connectivity index (χ1v) is 5.86. The lowest BCUT2D eigenvalue weighted by molar-refractivity contribution is -0.133. The molecule has 2 nitrogen and oxygen atoms in total. The third kappa shape index (κ3) is 2.61. The minimum atomic E-state index is -4.16. The van der Waals surface area contributed by atoms with Gasteiger partial charge in [0, 0.05) is 24.1 Å². The number of nitrogens with zero attached hydrogens (tertiary/aromatic N) is 1. The Labute approximate surface area is 94.5 Å². The maximum atomic E-state index is 12.0. The number of aryl methyl sites for hydroxylation is 2. The van der Waals surface area contributed by atoms with Crippen LogP contribution in [0.25, 0.3) is 0 Å². The number of thiazole rings is 1. The van der Waals surface area contributed by atoms with Crippen LogP contribution in [0.1, 0.15) is 39.6 Å². The summed E-state index contributed by atoms with van der Waals surface area (Å²) in [5, 5.41) is 0.428. The third-order valence-corrected chi connectivity index (χ3v) is 3.61. The molecule has 0 saturated carbocycles. The first-order chi connectivity index (χ1) is 7.46. The van der Waals surface area contributed by atoms with Crippen molar-refractivity contribution < 1.29 is 18.0 Å². The maximum Gasteiger partial charge on any atom is 0.389 e. The Morgan fingerprint density at radius 3 is 2.69 bits per heavy atom. The molecule has 0 spiro atoms. The van der Waals surface area contributed by atoms with Crippen LogP contribution in [0.2, 0.25) is 0 Å². The molecule has 6 heteroatoms. The molecule has 0 aliphatic heterocycles. The van der Waals surface area contributed by atoms with Gasteiger partial charge in [-0.3, -0.25) is 4.79 Å². The van der Waals surface area contributed by atoms with Crippen LogP contribution < -0.4 is 0 Å². The van der Waals surface area contributed by atoms with Crippen molar-refractivity contribution >= 4 is 17.1 Å². The summed E-state index contributed by atoms with van der Waals surface area (Å²) in [7, 11) is 0. The number of carbonyl (C=O) groups is 1. The van der Waals surface area contributed by atoms with Crippen LogP contribution in [0.5, 0.6) is 0 Å². The predicted octanol–water partition coefficient (Wildman–Crippen LogP) is 3.16. The molecule has 2 rings (SSSR count). The van der Waals surface area contributed by atoms with Gasteiger partial charge in [-0.1, -0.05) is 0 Å². The van der Waals surface area contributed by atoms with Gasteiger partial charge < -0.3 is 0 Å². The minimum absolute atomic E-state index is 0.0317. The average molecular weight is 249 g/mol. The highest BCUT2D eigenvalue weighted by Gasteiger charge is 2.28. The van der Waals surface area contributed by atoms with E-state index in [-0.39, 0.29) is 12.2 Å². The molecule has 1 aromatic heterocycles. The van der Waals surface area contributed by atoms with Gasteiger partial charge in [0.2, 0.25) is 0 Å². The molecule has 0 bridgehead atoms. The fraction of sp³-hybridized carbons (Fsp3) is 0.600. The molecule has 1 heterocycles. The zero-order valence-electron chi connectivity index (χ0n) is 8.43. The number of Topliss-reactive ketones (excluding diaryl/α,β-unsaturated/α-hetero) is 1. The lowest BCUT2D eigenvalue weighted by atomic mass is 10.0. The molecule has 88 valence electrons. The van der Waals surface area contributed by atoms with Gasteiger partial charge in [0.15, 0.2) is 5.78 Å². The second-order valence-corrected chi connectivity index (χ2v) is 4.94. The molecular formula is C10H10F3NOS. The molecule has 0 fully saturated rings. The Kier molecular flexibility index (Phi) is 3.01. The lowest BCUT2D eigenvalue weighted by Crippen LogP contribution is -2.10. The zero-order chi connectivity index (χ0) is 11.8. The molecule has 16 heavy (non-hydrogen) atoms. The SMILES string of the molecule is O=C1CCCc2sc(CCC(F)(F)F)nc21. The Morgan fingerprint density at radius 2 is 2.06 bits per heavy atom. The van der Waals surface area contributed by atoms with Crippen molar-refractivity contribution in [3.05, 3.63) is 15.6 Å². The standard InChI is InChI=1S/C10H10F3NOS/c11-10(12,13)5-4-8-14-9-6(15)2-1-3-7(9)16-8/h1-5H2. The Balaban J connectivity index is 2.10. The van der Waals surface area contributed by atoms with E-state index in [1.807, 2.05) is 0 Å². The second-order valence-electron chi connectivity index (χ2n) is 3.77. The second kappa shape index (κ2) is 4.16. The van der Waals surface area contributed by atoms with Gasteiger partial charge in [0.05, 0.1) is 5.01 Å². The molecule has 0 radical (unpaired) electrons. The zero-order valence-corrected chi connectivity index (χ0v) is 9.25. The van der Waals surface area contributed by atoms with Crippen LogP contribution >= 0.6 is 11.3 Å². The summed E-state index contributed by atoms with van der Waals surface area (Å²) in [4.78, 5) is 16.3. The number of carbonyl (C=O) groups excluding carboxylic acids is 1. The summed E-state index contributed by atoms with van der Waals surface area (Å²) >= 11 is 1.25. The molecular weight excluding hydrogens is 239 g/mol. The van der Waals surface area contributed by atoms with Gasteiger partial charge in [-0.25, -0.2) is 4.98 Å². The van der Waals surface area contributed by atoms with E-state index in [9.17, 15) is 18.0 Å². The average Bonchev–Trinajstić information content (AvgIpc) is 2.58. The largest absolute Gasteiger partial charge is 0.389 e. The number of ketones is 1. The molecule has 0 N–H and O–H groups in total. The normalized spacial score (nSPS) is 16.3. The summed E-state index contributed by atoms with van der Waals surface area (Å²) in [6.45, 7) is 0. The van der Waals surface area contributed by atoms with Gasteiger partial charge >= 0.3 is 6.18 Å². The lowest BCUT2D eigenvalue weighted by Gasteiger charge is -2.06. The van der Waals surface area contributed by atoms with Crippen molar-refractivity contribution in [2.75, 3.05) is 0 Å². The quantitative estimate of drug-likeness (QED) is 0.805. The smallest absolute Gasteiger partial charge is 0.292 e. The fourth-order valence-electron chi connectivity index (χ4n) is 1.67. The molecule has 0 aromatic carbocycles. The van der Waals surface area contributed by atoms with E-state index < -0.39 is 12.6 Å². The molecule has 0 atom stereocenters. The fourth-order valence-corrected chi connectivity index (χ4v) is 2.80. The number of alkyl halides is 3. The summed E-state index contributed by atoms with van der Waals surface area (Å²) in [6, 6.07) is 0. The van der Waals surface area contributed by atoms with Crippen LogP contribution in [0.3, 0.4) is 0 Å². The first kappa shape index (κ1) is 11.6. The van der Waals surface area contributed by atoms with E-state index in [2.05, 4.69) is 4.98 Å². The van der Waals surface area contributed by atoms with Gasteiger partial charge in [-0.2, -0.15) is 13.2 Å². The van der Waals surface area contributed by atoms with E-state index >= 15 is 0 Å². The Morgan fingerprint density at radius 1 is 1.31 bits per heavy atom. The summed E-state index contributed by atoms with van der Waals surface area (Å²) < 4.78 is 36.0. The van der Waals surface area contributed by atoms with Gasteiger partial charge in [-0.15, -0.1) is 11.3 Å². The van der Waals surface area contributed by atoms with Gasteiger partial charge in [-0.05, 0) is 12.8 Å². The van der Waals surface area contributed by atoms with Crippen LogP contribution in [-0.4, -0.2) is 16.9 Å². The van der Waals surface area contributed by atoms with E-state index in [0.29, 0.717) is 17.1 Å². The maximum absolute atomic E-state index is 12.0. The van der Waals surface area contributed by atoms with Crippen LogP contribution in [0.15, 0.2) is 0 Å². The summed E-state index contributed by atoms with van der Waals surface area (Å²) in [5.74, 6) is -0.0317. The topological polar surface area (TPSA) is 30.0 Å². The van der Waals surface area contributed by atoms with Crippen molar-refractivity contribution in [1.82, 2.24) is 4.98 Å². The highest BCUT2D eigenvalue weighted by molar-refractivity contribution is 7.12. The summed E-state index contributed by atoms with van der Waals surface area (Å²) in [6.07, 6.45) is -3.12. The van der Waals surface area contributed by atoms with Crippen molar-refractivity contribution in [3.63, 3.8) is 0 Å². The van der Waals surface area contributed by atoms with Gasteiger partial charge in [0.1, 0.15) is 5.69 Å². The van der Waals surface area contributed by atoms with E-state index in [1.54, 1.807) is 0 Å². The predicted molar refractivity (Wildman–Crippen MR) is 53.8 cm³/mol. The first-order valence-electron chi connectivity index (χ1n) is 5.04. The Bertz CT molecular complexity index is 411. The number of hydrogen-bond donors (Lipinski definition) is 0. The highest BCUT2D eigenvalue weighted by Crippen LogP contribution is 2.29. The number of hydrogen-bond acceptors (Lipinski definition) is 3. The minimum Gasteiger partial charge on any atom is -0.292 e. The highest BCUT2D eigenvalue weighted by atomic mass is 32.1. The molecule has 1 aromatic rings. The number of aromatic nitrogens is 1. The van der Waals surface area contributed by atoms with Crippen LogP contribution in [-0.2, 0) is 12.8 Å². The third-order valence-electron chi connectivity index (χ3n) is 2.44. The molecule has 0 unspecified atom stereocenters. The monoisotopic (exact) mass is 249 g/mol. The van der Waals surface area contributed by atoms with Crippen molar-refractivity contribution in [3.8, 4) is 0 Å². The van der Waals surface area contributed by atoms with Crippen molar-refractivity contribution in [2.24, 2.45) is 0 Å². The Hall–Kier alpha value is -0.910. The molecule has 1 aliphatic carbocycles. The van der Waals surface area contributed by atoms with Crippen LogP contribution in [0, 0.1) is 0 Å². The van der Waals surface area contributed by atoms with E-state index in [4.69, 9.17) is 0 Å². The van der Waals surface area contributed by atoms with Crippen LogP contribution in [0.4, 0.5) is 13.2 Å². The number of halogens is 3. The van der Waals surface area contributed by atoms with E-state index in [1.165, 1.54) is 11.3 Å². The molecule has 1 aliphatic rings.